The second kappa shape index (κ2) is 2.86. The summed E-state index contributed by atoms with van der Waals surface area (Å²) in [5.74, 6) is -1.14. The quantitative estimate of drug-likeness (QED) is 0.334. The maximum absolute atomic E-state index is 11.1. The van der Waals surface area contributed by atoms with E-state index in [1.807, 2.05) is 0 Å². The summed E-state index contributed by atoms with van der Waals surface area (Å²) in [6.07, 6.45) is 1.39. The Morgan fingerprint density at radius 2 is 2.27 bits per heavy atom. The number of hydrogen-bond acceptors (Lipinski definition) is 3. The SMILES string of the molecule is C=CC[C@@H]1C(=O)O[C@@H](C)C1=O. The number of Topliss-reactive ketones (excluding diaryl/α,β-unsaturated/α-hetero) is 1. The second-order valence-corrected chi connectivity index (χ2v) is 2.56. The highest BCUT2D eigenvalue weighted by Crippen LogP contribution is 2.19. The third kappa shape index (κ3) is 1.31. The van der Waals surface area contributed by atoms with E-state index < -0.39 is 18.0 Å². The van der Waals surface area contributed by atoms with Gasteiger partial charge in [-0.15, -0.1) is 6.58 Å². The van der Waals surface area contributed by atoms with Gasteiger partial charge >= 0.3 is 5.97 Å². The van der Waals surface area contributed by atoms with Gasteiger partial charge in [-0.25, -0.2) is 0 Å². The number of ketones is 1. The standard InChI is InChI=1S/C8H10O3/c1-3-4-6-7(9)5(2)11-8(6)10/h3,5-6H,1,4H2,2H3/t5-,6-/m0/s1. The largest absolute Gasteiger partial charge is 0.454 e. The summed E-state index contributed by atoms with van der Waals surface area (Å²) in [5.41, 5.74) is 0. The smallest absolute Gasteiger partial charge is 0.317 e. The van der Waals surface area contributed by atoms with Crippen molar-refractivity contribution in [1.82, 2.24) is 0 Å². The number of esters is 1. The molecule has 0 aromatic carbocycles. The highest BCUT2D eigenvalue weighted by Gasteiger charge is 2.39. The van der Waals surface area contributed by atoms with Crippen LogP contribution in [0.25, 0.3) is 0 Å². The Labute approximate surface area is 65.0 Å². The molecule has 1 aliphatic heterocycles. The maximum Gasteiger partial charge on any atom is 0.317 e. The molecular weight excluding hydrogens is 144 g/mol. The first-order chi connectivity index (χ1) is 5.16. The van der Waals surface area contributed by atoms with Crippen molar-refractivity contribution in [3.63, 3.8) is 0 Å². The van der Waals surface area contributed by atoms with Crippen LogP contribution < -0.4 is 0 Å². The predicted molar refractivity (Wildman–Crippen MR) is 38.9 cm³/mol. The van der Waals surface area contributed by atoms with Gasteiger partial charge in [0.15, 0.2) is 11.9 Å². The topological polar surface area (TPSA) is 43.4 Å². The highest BCUT2D eigenvalue weighted by atomic mass is 16.6. The van der Waals surface area contributed by atoms with Gasteiger partial charge in [0.05, 0.1) is 0 Å². The van der Waals surface area contributed by atoms with E-state index in [2.05, 4.69) is 6.58 Å². The zero-order chi connectivity index (χ0) is 8.43. The molecule has 0 spiro atoms. The van der Waals surface area contributed by atoms with Gasteiger partial charge in [0.1, 0.15) is 5.92 Å². The first kappa shape index (κ1) is 7.98. The van der Waals surface area contributed by atoms with E-state index >= 15 is 0 Å². The summed E-state index contributed by atoms with van der Waals surface area (Å²) in [6, 6.07) is 0. The van der Waals surface area contributed by atoms with E-state index in [1.54, 1.807) is 13.0 Å². The molecule has 0 bridgehead atoms. The lowest BCUT2D eigenvalue weighted by Gasteiger charge is -1.96. The monoisotopic (exact) mass is 154 g/mol. The molecule has 11 heavy (non-hydrogen) atoms. The van der Waals surface area contributed by atoms with Gasteiger partial charge in [-0.05, 0) is 13.3 Å². The lowest BCUT2D eigenvalue weighted by Crippen LogP contribution is -2.17. The summed E-state index contributed by atoms with van der Waals surface area (Å²) >= 11 is 0. The number of ether oxygens (including phenoxy) is 1. The van der Waals surface area contributed by atoms with Crippen LogP contribution in [0, 0.1) is 5.92 Å². The average Bonchev–Trinajstić information content (AvgIpc) is 2.17. The van der Waals surface area contributed by atoms with Gasteiger partial charge in [-0.2, -0.15) is 0 Å². The highest BCUT2D eigenvalue weighted by molar-refractivity contribution is 6.06. The van der Waals surface area contributed by atoms with Gasteiger partial charge in [-0.1, -0.05) is 6.08 Å². The van der Waals surface area contributed by atoms with Gasteiger partial charge in [0.25, 0.3) is 0 Å². The third-order valence-corrected chi connectivity index (χ3v) is 1.72. The fraction of sp³-hybridized carbons (Fsp3) is 0.500. The Morgan fingerprint density at radius 1 is 1.64 bits per heavy atom. The van der Waals surface area contributed by atoms with E-state index in [0.29, 0.717) is 6.42 Å². The van der Waals surface area contributed by atoms with E-state index in [9.17, 15) is 9.59 Å². The fourth-order valence-corrected chi connectivity index (χ4v) is 1.09. The molecule has 3 heteroatoms. The molecule has 1 rings (SSSR count). The Hall–Kier alpha value is -1.12. The first-order valence-electron chi connectivity index (χ1n) is 3.52. The number of allylic oxidation sites excluding steroid dienone is 1. The molecule has 0 aromatic heterocycles. The van der Waals surface area contributed by atoms with Crippen molar-refractivity contribution in [2.24, 2.45) is 5.92 Å². The number of rotatable bonds is 2. The molecule has 0 aliphatic carbocycles. The van der Waals surface area contributed by atoms with Crippen LogP contribution in [0.4, 0.5) is 0 Å². The van der Waals surface area contributed by atoms with Crippen LogP contribution in [0.1, 0.15) is 13.3 Å². The molecule has 1 saturated heterocycles. The van der Waals surface area contributed by atoms with Crippen molar-refractivity contribution in [3.8, 4) is 0 Å². The van der Waals surface area contributed by atoms with Crippen LogP contribution in [0.15, 0.2) is 12.7 Å². The minimum atomic E-state index is -0.595. The number of carbonyl (C=O) groups excluding carboxylic acids is 2. The van der Waals surface area contributed by atoms with Crippen LogP contribution in [0.3, 0.4) is 0 Å². The van der Waals surface area contributed by atoms with E-state index in [4.69, 9.17) is 4.74 Å². The maximum atomic E-state index is 11.1. The minimum Gasteiger partial charge on any atom is -0.454 e. The fourth-order valence-electron chi connectivity index (χ4n) is 1.09. The van der Waals surface area contributed by atoms with Crippen LogP contribution in [0.2, 0.25) is 0 Å². The third-order valence-electron chi connectivity index (χ3n) is 1.72. The van der Waals surface area contributed by atoms with Crippen LogP contribution in [-0.2, 0) is 14.3 Å². The molecule has 1 aliphatic rings. The van der Waals surface area contributed by atoms with Crippen molar-refractivity contribution in [1.29, 1.82) is 0 Å². The minimum absolute atomic E-state index is 0.130. The Bertz CT molecular complexity index is 207. The molecule has 0 saturated carbocycles. The van der Waals surface area contributed by atoms with Gasteiger partial charge in [0.2, 0.25) is 0 Å². The second-order valence-electron chi connectivity index (χ2n) is 2.56. The lowest BCUT2D eigenvalue weighted by atomic mass is 10.0. The normalized spacial score (nSPS) is 30.3. The van der Waals surface area contributed by atoms with Crippen LogP contribution in [0.5, 0.6) is 0 Å². The molecule has 0 radical (unpaired) electrons. The van der Waals surface area contributed by atoms with Crippen LogP contribution in [-0.4, -0.2) is 17.9 Å². The van der Waals surface area contributed by atoms with Gasteiger partial charge < -0.3 is 4.74 Å². The van der Waals surface area contributed by atoms with Crippen molar-refractivity contribution < 1.29 is 14.3 Å². The Balaban J connectivity index is 2.71. The Kier molecular flexibility index (Phi) is 2.08. The molecule has 1 heterocycles. The van der Waals surface area contributed by atoms with E-state index in [1.165, 1.54) is 0 Å². The zero-order valence-electron chi connectivity index (χ0n) is 6.37. The van der Waals surface area contributed by atoms with Crippen molar-refractivity contribution >= 4 is 11.8 Å². The van der Waals surface area contributed by atoms with E-state index in [-0.39, 0.29) is 5.78 Å². The predicted octanol–water partition coefficient (Wildman–Crippen LogP) is 0.693. The molecular formula is C8H10O3. The summed E-state index contributed by atoms with van der Waals surface area (Å²) in [6.45, 7) is 5.04. The first-order valence-corrected chi connectivity index (χ1v) is 3.52. The zero-order valence-corrected chi connectivity index (χ0v) is 6.37. The molecule has 0 unspecified atom stereocenters. The average molecular weight is 154 g/mol. The number of hydrogen-bond donors (Lipinski definition) is 0. The molecule has 3 nitrogen and oxygen atoms in total. The molecule has 0 N–H and O–H groups in total. The van der Waals surface area contributed by atoms with Crippen molar-refractivity contribution in [3.05, 3.63) is 12.7 Å². The summed E-state index contributed by atoms with van der Waals surface area (Å²) in [5, 5.41) is 0. The lowest BCUT2D eigenvalue weighted by molar-refractivity contribution is -0.143. The molecule has 0 amide bonds. The Morgan fingerprint density at radius 3 is 2.64 bits per heavy atom. The van der Waals surface area contributed by atoms with Gasteiger partial charge in [0, 0.05) is 0 Å². The molecule has 1 fully saturated rings. The number of cyclic esters (lactones) is 1. The van der Waals surface area contributed by atoms with E-state index in [0.717, 1.165) is 0 Å². The number of carbonyl (C=O) groups is 2. The van der Waals surface area contributed by atoms with Gasteiger partial charge in [-0.3, -0.25) is 9.59 Å². The molecule has 2 atom stereocenters. The van der Waals surface area contributed by atoms with Crippen molar-refractivity contribution in [2.75, 3.05) is 0 Å². The van der Waals surface area contributed by atoms with Crippen LogP contribution >= 0.6 is 0 Å². The van der Waals surface area contributed by atoms with Crippen molar-refractivity contribution in [2.45, 2.75) is 19.4 Å². The molecule has 60 valence electrons. The summed E-state index contributed by atoms with van der Waals surface area (Å²) < 4.78 is 4.70. The summed E-state index contributed by atoms with van der Waals surface area (Å²) in [4.78, 5) is 22.0. The molecule has 0 aromatic rings. The summed E-state index contributed by atoms with van der Waals surface area (Å²) in [7, 11) is 0.